The van der Waals surface area contributed by atoms with Crippen LogP contribution in [0.15, 0.2) is 12.2 Å². The number of rotatable bonds is 14. The predicted molar refractivity (Wildman–Crippen MR) is 217 cm³/mol. The van der Waals surface area contributed by atoms with E-state index in [1.54, 1.807) is 6.92 Å². The van der Waals surface area contributed by atoms with Crippen LogP contribution in [0.2, 0.25) is 0 Å². The molecule has 58 heavy (non-hydrogen) atoms. The summed E-state index contributed by atoms with van der Waals surface area (Å²) in [5, 5.41) is 36.1. The zero-order valence-electron chi connectivity index (χ0n) is 36.9. The first kappa shape index (κ1) is 45.6. The van der Waals surface area contributed by atoms with Crippen LogP contribution in [0, 0.1) is 47.3 Å². The van der Waals surface area contributed by atoms with Crippen molar-refractivity contribution < 1.29 is 53.4 Å². The zero-order valence-corrected chi connectivity index (χ0v) is 36.9. The van der Waals surface area contributed by atoms with Crippen molar-refractivity contribution in [3.63, 3.8) is 0 Å². The van der Waals surface area contributed by atoms with Crippen LogP contribution >= 0.6 is 0 Å². The van der Waals surface area contributed by atoms with Crippen molar-refractivity contribution in [1.29, 1.82) is 0 Å². The topological polar surface area (TPSA) is 170 Å². The smallest absolute Gasteiger partial charge is 0.309 e. The number of carboxylic acid groups (broad SMARTS) is 1. The largest absolute Gasteiger partial charge is 0.481 e. The summed E-state index contributed by atoms with van der Waals surface area (Å²) < 4.78 is 34.5. The molecule has 6 aliphatic rings. The Morgan fingerprint density at radius 1 is 0.862 bits per heavy atom. The number of ether oxygens (including phenoxy) is 5. The van der Waals surface area contributed by atoms with Gasteiger partial charge < -0.3 is 44.3 Å². The summed E-state index contributed by atoms with van der Waals surface area (Å²) >= 11 is 0. The highest BCUT2D eigenvalue weighted by molar-refractivity contribution is 5.84. The van der Waals surface area contributed by atoms with Crippen LogP contribution in [0.4, 0.5) is 0 Å². The first-order chi connectivity index (χ1) is 27.3. The van der Waals surface area contributed by atoms with Crippen LogP contribution in [-0.2, 0) is 38.1 Å². The summed E-state index contributed by atoms with van der Waals surface area (Å²) in [5.74, 6) is -5.74. The molecule has 2 spiro atoms. The molecule has 12 heteroatoms. The molecule has 330 valence electrons. The third-order valence-electron chi connectivity index (χ3n) is 15.7. The zero-order chi connectivity index (χ0) is 42.5. The minimum absolute atomic E-state index is 0.00481. The van der Waals surface area contributed by atoms with Crippen LogP contribution in [-0.4, -0.2) is 98.4 Å². The van der Waals surface area contributed by atoms with Crippen molar-refractivity contribution >= 4 is 17.7 Å². The van der Waals surface area contributed by atoms with Gasteiger partial charge in [-0.3, -0.25) is 14.4 Å². The highest BCUT2D eigenvalue weighted by Crippen LogP contribution is 2.54. The molecule has 0 aromatic rings. The van der Waals surface area contributed by atoms with Crippen LogP contribution in [0.25, 0.3) is 0 Å². The molecular formula is C46H75NO11. The number of nitrogens with one attached hydrogen (secondary N) is 1. The van der Waals surface area contributed by atoms with Gasteiger partial charge in [-0.05, 0) is 102 Å². The molecule has 5 fully saturated rings. The first-order valence-electron chi connectivity index (χ1n) is 22.8. The fourth-order valence-corrected chi connectivity index (χ4v) is 11.3. The number of amides is 1. The van der Waals surface area contributed by atoms with Gasteiger partial charge in [0.05, 0.1) is 53.7 Å². The average molecular weight is 818 g/mol. The lowest BCUT2D eigenvalue weighted by Crippen LogP contribution is -2.66. The fraction of sp³-hybridized carbons (Fsp3) is 0.891. The highest BCUT2D eigenvalue weighted by Gasteiger charge is 2.63. The van der Waals surface area contributed by atoms with E-state index in [-0.39, 0.29) is 53.7 Å². The summed E-state index contributed by atoms with van der Waals surface area (Å²) in [4.78, 5) is 39.9. The molecule has 1 amide bonds. The van der Waals surface area contributed by atoms with Crippen LogP contribution in [0.3, 0.4) is 0 Å². The van der Waals surface area contributed by atoms with E-state index in [0.717, 1.165) is 19.3 Å². The lowest BCUT2D eigenvalue weighted by Gasteiger charge is -2.55. The van der Waals surface area contributed by atoms with Crippen molar-refractivity contribution in [3.05, 3.63) is 12.2 Å². The van der Waals surface area contributed by atoms with E-state index < -0.39 is 76.8 Å². The lowest BCUT2D eigenvalue weighted by atomic mass is 9.72. The van der Waals surface area contributed by atoms with Crippen molar-refractivity contribution in [2.75, 3.05) is 0 Å². The molecule has 12 nitrogen and oxygen atoms in total. The van der Waals surface area contributed by atoms with Gasteiger partial charge in [-0.2, -0.15) is 0 Å². The molecule has 0 aromatic carbocycles. The van der Waals surface area contributed by atoms with Gasteiger partial charge in [0.2, 0.25) is 5.91 Å². The summed E-state index contributed by atoms with van der Waals surface area (Å²) in [5.41, 5.74) is -1.64. The van der Waals surface area contributed by atoms with Crippen LogP contribution < -0.4 is 5.32 Å². The van der Waals surface area contributed by atoms with Gasteiger partial charge in [0.15, 0.2) is 11.6 Å². The number of carbonyl (C=O) groups is 3. The molecule has 0 bridgehead atoms. The highest BCUT2D eigenvalue weighted by atomic mass is 16.8. The average Bonchev–Trinajstić information content (AvgIpc) is 3.99. The standard InChI is InChI=1S/C46H75NO11/c1-11-32(42(51)52)34-17-14-25(4)39(55-34)29(8)37(48)28(7)38(49)33(12-2)40-26(5)24-27(6)45(56-40)21-18-35(47-41(50)31-15-16-31)46(58-45)23-22-43(10,57-46)36-19-20-44(53,13-3)30(9)54-36/h18,21,25-37,39-40,48,53H,11-17,19-20,22-24H2,1-10H3,(H,47,50)(H,51,52)/t25-,26-,27+,28-,29-,30-,32+,33-,34+,35+,36+,37+,39+,40-,43-,44+,45-,46-/m0/s1. The number of aliphatic hydroxyl groups excluding tert-OH is 1. The Balaban J connectivity index is 1.22. The van der Waals surface area contributed by atoms with Crippen LogP contribution in [0.5, 0.6) is 0 Å². The Morgan fingerprint density at radius 2 is 1.55 bits per heavy atom. The maximum Gasteiger partial charge on any atom is 0.309 e. The molecule has 1 saturated carbocycles. The number of hydrogen-bond donors (Lipinski definition) is 4. The van der Waals surface area contributed by atoms with Gasteiger partial charge in [0.25, 0.3) is 0 Å². The summed E-state index contributed by atoms with van der Waals surface area (Å²) in [6.45, 7) is 19.8. The van der Waals surface area contributed by atoms with Crippen molar-refractivity contribution in [2.24, 2.45) is 47.3 Å². The molecule has 18 atom stereocenters. The quantitative estimate of drug-likeness (QED) is 0.137. The maximum absolute atomic E-state index is 14.6. The number of Topliss-reactive ketones (excluding diaryl/α,β-unsaturated/α-hetero) is 1. The number of ketones is 1. The molecule has 4 N–H and O–H groups in total. The Hall–Kier alpha value is -1.93. The van der Waals surface area contributed by atoms with E-state index in [2.05, 4.69) is 26.1 Å². The monoisotopic (exact) mass is 818 g/mol. The number of carboxylic acids is 1. The summed E-state index contributed by atoms with van der Waals surface area (Å²) in [6.07, 6.45) is 8.70. The Morgan fingerprint density at radius 3 is 2.16 bits per heavy atom. The second-order valence-corrected chi connectivity index (χ2v) is 19.7. The van der Waals surface area contributed by atoms with Crippen molar-refractivity contribution in [3.8, 4) is 0 Å². The molecule has 0 radical (unpaired) electrons. The van der Waals surface area contributed by atoms with Crippen molar-refractivity contribution in [1.82, 2.24) is 5.32 Å². The van der Waals surface area contributed by atoms with E-state index in [9.17, 15) is 29.7 Å². The van der Waals surface area contributed by atoms with E-state index in [4.69, 9.17) is 23.7 Å². The van der Waals surface area contributed by atoms with Gasteiger partial charge in [0, 0.05) is 36.0 Å². The number of aliphatic hydroxyl groups is 2. The Kier molecular flexibility index (Phi) is 13.7. The Labute approximate surface area is 346 Å². The van der Waals surface area contributed by atoms with E-state index in [0.29, 0.717) is 57.8 Å². The van der Waals surface area contributed by atoms with Crippen LogP contribution in [0.1, 0.15) is 146 Å². The minimum Gasteiger partial charge on any atom is -0.481 e. The van der Waals surface area contributed by atoms with Gasteiger partial charge in [-0.1, -0.05) is 61.5 Å². The molecule has 4 saturated heterocycles. The molecule has 1 aliphatic carbocycles. The molecule has 5 heterocycles. The molecule has 6 rings (SSSR count). The van der Waals surface area contributed by atoms with E-state index in [1.807, 2.05) is 53.7 Å². The predicted octanol–water partition coefficient (Wildman–Crippen LogP) is 6.72. The molecule has 0 aromatic heterocycles. The number of carbonyl (C=O) groups excluding carboxylic acids is 2. The van der Waals surface area contributed by atoms with Crippen molar-refractivity contribution in [2.45, 2.75) is 212 Å². The maximum atomic E-state index is 14.6. The third kappa shape index (κ3) is 8.60. The van der Waals surface area contributed by atoms with E-state index >= 15 is 0 Å². The summed E-state index contributed by atoms with van der Waals surface area (Å²) in [6, 6.07) is -0.567. The Bertz CT molecular complexity index is 1520. The molecule has 5 aliphatic heterocycles. The third-order valence-corrected chi connectivity index (χ3v) is 15.7. The SMILES string of the molecule is CC[C@@H](C(=O)[C@@H](C)[C@@H](O)[C@H](C)[C@@H]1O[C@@H]([C@@H](CC)C(=O)O)CC[C@@H]1C)[C@H]1O[C@]2(C=C[C@@H](NC(=O)C3CC3)[C@]3(CC[C@@](C)([C@H]4CC[C@](O)(CC)[C@H](C)O4)O3)O2)[C@H](C)C[C@@H]1C. The second kappa shape index (κ2) is 17.4. The summed E-state index contributed by atoms with van der Waals surface area (Å²) in [7, 11) is 0. The van der Waals surface area contributed by atoms with Gasteiger partial charge >= 0.3 is 5.97 Å². The van der Waals surface area contributed by atoms with E-state index in [1.165, 1.54) is 0 Å². The normalized spacial score (nSPS) is 44.4. The number of hydrogen-bond acceptors (Lipinski definition) is 10. The lowest BCUT2D eigenvalue weighted by molar-refractivity contribution is -0.398. The van der Waals surface area contributed by atoms with Gasteiger partial charge in [-0.25, -0.2) is 0 Å². The van der Waals surface area contributed by atoms with Gasteiger partial charge in [0.1, 0.15) is 11.8 Å². The fourth-order valence-electron chi connectivity index (χ4n) is 11.3. The minimum atomic E-state index is -1.25. The molecular weight excluding hydrogens is 743 g/mol. The van der Waals surface area contributed by atoms with Gasteiger partial charge in [-0.15, -0.1) is 0 Å². The first-order valence-corrected chi connectivity index (χ1v) is 22.8. The number of aliphatic carboxylic acids is 1. The second-order valence-electron chi connectivity index (χ2n) is 19.7. The molecule has 0 unspecified atom stereocenters.